The molecule has 12 nitrogen and oxygen atoms in total. The molecule has 1 saturated heterocycles. The van der Waals surface area contributed by atoms with Crippen LogP contribution in [0.5, 0.6) is 5.75 Å². The first-order chi connectivity index (χ1) is 24.0. The highest BCUT2D eigenvalue weighted by Gasteiger charge is 2.41. The molecule has 0 saturated carbocycles. The van der Waals surface area contributed by atoms with Crippen LogP contribution in [-0.4, -0.2) is 114 Å². The van der Waals surface area contributed by atoms with Gasteiger partial charge in [-0.2, -0.15) is 0 Å². The minimum Gasteiger partial charge on any atom is -0.490 e. The Morgan fingerprint density at radius 1 is 1.02 bits per heavy atom. The van der Waals surface area contributed by atoms with Crippen molar-refractivity contribution in [1.82, 2.24) is 10.2 Å². The molecule has 1 fully saturated rings. The lowest BCUT2D eigenvalue weighted by molar-refractivity contribution is -0.124. The van der Waals surface area contributed by atoms with E-state index in [1.54, 1.807) is 19.1 Å². The van der Waals surface area contributed by atoms with Crippen molar-refractivity contribution in [1.29, 1.82) is 0 Å². The van der Waals surface area contributed by atoms with Crippen molar-refractivity contribution in [3.8, 4) is 5.75 Å². The minimum atomic E-state index is -0.676. The first-order valence-corrected chi connectivity index (χ1v) is 17.6. The summed E-state index contributed by atoms with van der Waals surface area (Å²) in [7, 11) is 3.40. The van der Waals surface area contributed by atoms with Crippen LogP contribution in [0.2, 0.25) is 0 Å². The third kappa shape index (κ3) is 11.8. The number of aliphatic hydroxyl groups is 1. The van der Waals surface area contributed by atoms with E-state index in [0.717, 1.165) is 47.6 Å². The third-order valence-electron chi connectivity index (χ3n) is 8.83. The van der Waals surface area contributed by atoms with Gasteiger partial charge in [0, 0.05) is 58.2 Å². The summed E-state index contributed by atoms with van der Waals surface area (Å²) in [5.41, 5.74) is 3.41. The smallest absolute Gasteiger partial charge is 0.410 e. The molecule has 0 spiro atoms. The number of benzene rings is 2. The Kier molecular flexibility index (Phi) is 15.2. The van der Waals surface area contributed by atoms with Crippen LogP contribution in [0.3, 0.4) is 0 Å². The summed E-state index contributed by atoms with van der Waals surface area (Å²) in [4.78, 5) is 29.6. The average molecular weight is 700 g/mol. The molecule has 0 aliphatic carbocycles. The fourth-order valence-electron chi connectivity index (χ4n) is 6.51. The van der Waals surface area contributed by atoms with Gasteiger partial charge in [0.15, 0.2) is 0 Å². The summed E-state index contributed by atoms with van der Waals surface area (Å²) in [5.74, 6) is 0.277. The molecule has 50 heavy (non-hydrogen) atoms. The molecular formula is C38H57N3O9. The number of carbonyl (C=O) groups excluding carboxylic acids is 2. The van der Waals surface area contributed by atoms with Gasteiger partial charge in [-0.1, -0.05) is 37.3 Å². The van der Waals surface area contributed by atoms with Gasteiger partial charge in [-0.05, 0) is 56.0 Å². The number of piperidine rings is 1. The first kappa shape index (κ1) is 39.4. The van der Waals surface area contributed by atoms with E-state index in [4.69, 9.17) is 28.4 Å². The molecule has 2 N–H and O–H groups in total. The number of hydrogen-bond acceptors (Lipinski definition) is 10. The molecule has 12 heteroatoms. The number of nitrogens with one attached hydrogen (secondary N) is 1. The van der Waals surface area contributed by atoms with Gasteiger partial charge >= 0.3 is 6.09 Å². The number of anilines is 1. The highest BCUT2D eigenvalue weighted by Crippen LogP contribution is 2.37. The van der Waals surface area contributed by atoms with E-state index in [1.807, 2.05) is 32.9 Å². The molecule has 2 aliphatic heterocycles. The van der Waals surface area contributed by atoms with Crippen molar-refractivity contribution in [2.24, 2.45) is 11.8 Å². The molecule has 4 atom stereocenters. The van der Waals surface area contributed by atoms with Crippen LogP contribution in [0.4, 0.5) is 10.5 Å². The van der Waals surface area contributed by atoms with E-state index in [-0.39, 0.29) is 18.4 Å². The fraction of sp³-hybridized carbons (Fsp3) is 0.632. The topological polar surface area (TPSA) is 128 Å². The molecule has 2 aromatic carbocycles. The zero-order valence-electron chi connectivity index (χ0n) is 30.7. The minimum absolute atomic E-state index is 0.170. The quantitative estimate of drug-likeness (QED) is 0.230. The van der Waals surface area contributed by atoms with Crippen LogP contribution in [0.1, 0.15) is 56.7 Å². The number of methoxy groups -OCH3 is 2. The zero-order chi connectivity index (χ0) is 36.1. The molecule has 4 rings (SSSR count). The van der Waals surface area contributed by atoms with Gasteiger partial charge in [0.25, 0.3) is 0 Å². The highest BCUT2D eigenvalue weighted by molar-refractivity contribution is 5.76. The van der Waals surface area contributed by atoms with Crippen LogP contribution in [0.15, 0.2) is 42.5 Å². The first-order valence-electron chi connectivity index (χ1n) is 17.6. The fourth-order valence-corrected chi connectivity index (χ4v) is 6.51. The Balaban J connectivity index is 1.59. The number of likely N-dealkylation sites (tertiary alicyclic amines) is 1. The molecule has 2 aliphatic rings. The van der Waals surface area contributed by atoms with E-state index in [0.29, 0.717) is 58.6 Å². The van der Waals surface area contributed by atoms with E-state index in [2.05, 4.69) is 47.5 Å². The summed E-state index contributed by atoms with van der Waals surface area (Å²) in [6.45, 7) is 12.9. The van der Waals surface area contributed by atoms with Crippen molar-refractivity contribution in [2.75, 3.05) is 84.9 Å². The highest BCUT2D eigenvalue weighted by atomic mass is 16.6. The normalized spacial score (nSPS) is 19.8. The van der Waals surface area contributed by atoms with E-state index in [1.165, 1.54) is 0 Å². The molecular weight excluding hydrogens is 642 g/mol. The van der Waals surface area contributed by atoms with Gasteiger partial charge in [0.05, 0.1) is 51.3 Å². The molecule has 0 radical (unpaired) electrons. The average Bonchev–Trinajstić information content (AvgIpc) is 3.09. The van der Waals surface area contributed by atoms with E-state index in [9.17, 15) is 14.7 Å². The molecule has 2 heterocycles. The molecule has 2 aromatic rings. The molecule has 278 valence electrons. The van der Waals surface area contributed by atoms with Crippen LogP contribution in [-0.2, 0) is 41.7 Å². The maximum absolute atomic E-state index is 13.4. The van der Waals surface area contributed by atoms with E-state index < -0.39 is 30.3 Å². The Labute approximate surface area is 297 Å². The monoisotopic (exact) mass is 699 g/mol. The lowest BCUT2D eigenvalue weighted by atomic mass is 9.78. The Morgan fingerprint density at radius 2 is 1.78 bits per heavy atom. The number of aliphatic hydroxyl groups excluding tert-OH is 1. The number of amides is 2. The van der Waals surface area contributed by atoms with Crippen molar-refractivity contribution >= 4 is 17.7 Å². The number of rotatable bonds is 17. The van der Waals surface area contributed by atoms with Gasteiger partial charge in [0.2, 0.25) is 5.91 Å². The summed E-state index contributed by atoms with van der Waals surface area (Å²) in [6.07, 6.45) is 0.0534. The van der Waals surface area contributed by atoms with Crippen molar-refractivity contribution in [3.05, 3.63) is 59.2 Å². The maximum atomic E-state index is 13.4. The van der Waals surface area contributed by atoms with Crippen molar-refractivity contribution in [3.63, 3.8) is 0 Å². The SMILES string of the molecule is COCCCN1CCOc2ccc(CO[C@H]3CN(C(=O)OC(C)(C)C)C[C@@H](CNC(=O)CO)[C@@H]3c3ccc(COC[C@@H](C)COC)cc3)cc21. The van der Waals surface area contributed by atoms with E-state index >= 15 is 0 Å². The summed E-state index contributed by atoms with van der Waals surface area (Å²) < 4.78 is 34.9. The summed E-state index contributed by atoms with van der Waals surface area (Å²) >= 11 is 0. The third-order valence-corrected chi connectivity index (χ3v) is 8.83. The standard InChI is InChI=1S/C38H57N3O9/c1-27(23-46-6)24-47-25-28-8-11-30(12-9-28)36-31(19-39-35(43)22-42)20-41(37(44)50-38(2,3)4)21-34(36)49-26-29-10-13-33-32(18-29)40(15-17-48-33)14-7-16-45-5/h8-13,18,27,31,34,36,42H,7,14-17,19-26H2,1-6H3,(H,39,43)/t27-,31+,34-,36-/m0/s1. The Hall–Kier alpha value is -3.42. The molecule has 2 amide bonds. The van der Waals surface area contributed by atoms with Crippen LogP contribution in [0.25, 0.3) is 0 Å². The van der Waals surface area contributed by atoms with Gasteiger partial charge in [0.1, 0.15) is 24.6 Å². The van der Waals surface area contributed by atoms with Gasteiger partial charge in [-0.25, -0.2) is 4.79 Å². The van der Waals surface area contributed by atoms with Crippen molar-refractivity contribution < 1.29 is 43.1 Å². The molecule has 0 aromatic heterocycles. The predicted octanol–water partition coefficient (Wildman–Crippen LogP) is 4.37. The zero-order valence-corrected chi connectivity index (χ0v) is 30.7. The lowest BCUT2D eigenvalue weighted by Gasteiger charge is -2.44. The number of carbonyl (C=O) groups is 2. The number of fused-ring (bicyclic) bond motifs is 1. The van der Waals surface area contributed by atoms with Crippen molar-refractivity contribution in [2.45, 2.75) is 65.0 Å². The largest absolute Gasteiger partial charge is 0.490 e. The maximum Gasteiger partial charge on any atom is 0.410 e. The molecule has 0 unspecified atom stereocenters. The van der Waals surface area contributed by atoms with Gasteiger partial charge < -0.3 is 48.6 Å². The molecule has 0 bridgehead atoms. The number of hydrogen-bond donors (Lipinski definition) is 2. The number of ether oxygens (including phenoxy) is 6. The van der Waals surface area contributed by atoms with Crippen LogP contribution in [0, 0.1) is 11.8 Å². The number of nitrogens with zero attached hydrogens (tertiary/aromatic N) is 2. The Bertz CT molecular complexity index is 1350. The Morgan fingerprint density at radius 3 is 2.48 bits per heavy atom. The second kappa shape index (κ2) is 19.3. The summed E-state index contributed by atoms with van der Waals surface area (Å²) in [5, 5.41) is 12.3. The second-order valence-electron chi connectivity index (χ2n) is 14.3. The van der Waals surface area contributed by atoms with Gasteiger partial charge in [-0.15, -0.1) is 0 Å². The lowest BCUT2D eigenvalue weighted by Crippen LogP contribution is -2.54. The van der Waals surface area contributed by atoms with Gasteiger partial charge in [-0.3, -0.25) is 4.79 Å². The van der Waals surface area contributed by atoms with Crippen LogP contribution >= 0.6 is 0 Å². The summed E-state index contributed by atoms with van der Waals surface area (Å²) in [6, 6.07) is 14.4. The van der Waals surface area contributed by atoms with Crippen LogP contribution < -0.4 is 15.0 Å². The second-order valence-corrected chi connectivity index (χ2v) is 14.3. The predicted molar refractivity (Wildman–Crippen MR) is 190 cm³/mol.